The van der Waals surface area contributed by atoms with Crippen molar-refractivity contribution in [1.82, 2.24) is 25.1 Å². The number of aromatic nitrogens is 2. The lowest BCUT2D eigenvalue weighted by Crippen LogP contribution is -2.37. The molecule has 2 N–H and O–H groups in total. The summed E-state index contributed by atoms with van der Waals surface area (Å²) in [6.07, 6.45) is 0. The number of nitrogens with zero attached hydrogens (tertiary/aromatic N) is 4. The Morgan fingerprint density at radius 3 is 2.43 bits per heavy atom. The number of rotatable bonds is 6. The van der Waals surface area contributed by atoms with Crippen LogP contribution >= 0.6 is 24.0 Å². The smallest absolute Gasteiger partial charge is 0.253 e. The largest absolute Gasteiger partial charge is 0.357 e. The molecule has 30 heavy (non-hydrogen) atoms. The van der Waals surface area contributed by atoms with Crippen molar-refractivity contribution in [2.75, 3.05) is 20.6 Å². The van der Waals surface area contributed by atoms with Gasteiger partial charge in [-0.25, -0.2) is 9.98 Å². The molecule has 0 aliphatic heterocycles. The second-order valence-electron chi connectivity index (χ2n) is 7.02. The lowest BCUT2D eigenvalue weighted by atomic mass is 10.1. The number of para-hydroxylation sites is 2. The zero-order valence-electron chi connectivity index (χ0n) is 17.8. The van der Waals surface area contributed by atoms with Crippen LogP contribution in [0.25, 0.3) is 11.0 Å². The van der Waals surface area contributed by atoms with Crippen LogP contribution in [0.2, 0.25) is 0 Å². The highest BCUT2D eigenvalue weighted by molar-refractivity contribution is 14.0. The first-order valence-electron chi connectivity index (χ1n) is 9.72. The molecule has 1 aromatic heterocycles. The Bertz CT molecular complexity index is 1010. The maximum absolute atomic E-state index is 12.0. The Morgan fingerprint density at radius 1 is 1.10 bits per heavy atom. The Kier molecular flexibility index (Phi) is 8.64. The number of halogens is 1. The van der Waals surface area contributed by atoms with Crippen molar-refractivity contribution in [3.05, 3.63) is 65.5 Å². The fourth-order valence-corrected chi connectivity index (χ4v) is 3.04. The lowest BCUT2D eigenvalue weighted by molar-refractivity contribution is 0.0827. The first-order valence-corrected chi connectivity index (χ1v) is 9.72. The van der Waals surface area contributed by atoms with E-state index in [4.69, 9.17) is 0 Å². The van der Waals surface area contributed by atoms with Crippen LogP contribution in [0.3, 0.4) is 0 Å². The fraction of sp³-hybridized carbons (Fsp3) is 0.318. The number of aliphatic imine (C=N–C) groups is 1. The summed E-state index contributed by atoms with van der Waals surface area (Å²) in [6, 6.07) is 15.7. The summed E-state index contributed by atoms with van der Waals surface area (Å²) in [5.41, 5.74) is 3.81. The number of amides is 1. The fourth-order valence-electron chi connectivity index (χ4n) is 3.04. The molecule has 1 amide bonds. The van der Waals surface area contributed by atoms with Crippen molar-refractivity contribution < 1.29 is 4.79 Å². The van der Waals surface area contributed by atoms with Gasteiger partial charge < -0.3 is 20.1 Å². The minimum Gasteiger partial charge on any atom is -0.357 e. The number of imidazole rings is 1. The number of aryl methyl sites for hydroxylation is 1. The van der Waals surface area contributed by atoms with Crippen LogP contribution in [0, 0.1) is 0 Å². The zero-order chi connectivity index (χ0) is 20.8. The molecule has 1 heterocycles. The highest BCUT2D eigenvalue weighted by Crippen LogP contribution is 2.14. The van der Waals surface area contributed by atoms with E-state index < -0.39 is 0 Å². The minimum atomic E-state index is -0.00230. The Balaban J connectivity index is 0.00000320. The Morgan fingerprint density at radius 2 is 1.80 bits per heavy atom. The van der Waals surface area contributed by atoms with Crippen molar-refractivity contribution in [3.8, 4) is 0 Å². The monoisotopic (exact) mass is 520 g/mol. The first kappa shape index (κ1) is 23.7. The summed E-state index contributed by atoms with van der Waals surface area (Å²) < 4.78 is 2.09. The third-order valence-electron chi connectivity index (χ3n) is 4.66. The predicted molar refractivity (Wildman–Crippen MR) is 132 cm³/mol. The van der Waals surface area contributed by atoms with E-state index in [0.29, 0.717) is 18.7 Å². The second-order valence-corrected chi connectivity index (χ2v) is 7.02. The molecule has 0 saturated carbocycles. The third kappa shape index (κ3) is 5.71. The van der Waals surface area contributed by atoms with Crippen LogP contribution in [-0.2, 0) is 20.1 Å². The number of carbonyl (C=O) groups excluding carboxylic acids is 1. The highest BCUT2D eigenvalue weighted by Gasteiger charge is 2.09. The Hall–Kier alpha value is -2.62. The molecule has 7 nitrogen and oxygen atoms in total. The molecule has 0 fully saturated rings. The van der Waals surface area contributed by atoms with Crippen molar-refractivity contribution >= 4 is 46.9 Å². The van der Waals surface area contributed by atoms with Crippen LogP contribution in [0.15, 0.2) is 53.5 Å². The van der Waals surface area contributed by atoms with Gasteiger partial charge in [0.2, 0.25) is 0 Å². The Labute approximate surface area is 194 Å². The number of carbonyl (C=O) groups is 1. The van der Waals surface area contributed by atoms with E-state index in [1.807, 2.05) is 56.4 Å². The average Bonchev–Trinajstić information content (AvgIpc) is 3.05. The number of guanidine groups is 1. The molecule has 0 spiro atoms. The summed E-state index contributed by atoms with van der Waals surface area (Å²) in [7, 11) is 5.52. The summed E-state index contributed by atoms with van der Waals surface area (Å²) >= 11 is 0. The number of benzene rings is 2. The van der Waals surface area contributed by atoms with Crippen molar-refractivity contribution in [3.63, 3.8) is 0 Å². The number of nitrogens with one attached hydrogen (secondary N) is 2. The van der Waals surface area contributed by atoms with E-state index >= 15 is 0 Å². The minimum absolute atomic E-state index is 0. The SMILES string of the molecule is CCNC(=NCc1ccc(C(=O)N(C)C)cc1)NCc1nc2ccccc2n1C.I. The first-order chi connectivity index (χ1) is 14.0. The van der Waals surface area contributed by atoms with Gasteiger partial charge in [0.05, 0.1) is 24.1 Å². The standard InChI is InChI=1S/C22H28N6O.HI/c1-5-23-22(24-14-16-10-12-17(13-11-16)21(29)27(2)3)25-15-20-26-18-8-6-7-9-19(18)28(20)4;/h6-13H,5,14-15H2,1-4H3,(H2,23,24,25);1H. The molecule has 0 bridgehead atoms. The van der Waals surface area contributed by atoms with Gasteiger partial charge in [0.25, 0.3) is 5.91 Å². The summed E-state index contributed by atoms with van der Waals surface area (Å²) in [5.74, 6) is 1.67. The van der Waals surface area contributed by atoms with E-state index in [-0.39, 0.29) is 29.9 Å². The molecule has 8 heteroatoms. The molecule has 3 aromatic rings. The summed E-state index contributed by atoms with van der Waals surface area (Å²) in [5, 5.41) is 6.61. The summed E-state index contributed by atoms with van der Waals surface area (Å²) in [4.78, 5) is 22.9. The molecule has 0 radical (unpaired) electrons. The van der Waals surface area contributed by atoms with E-state index in [9.17, 15) is 4.79 Å². The van der Waals surface area contributed by atoms with Crippen LogP contribution in [0.4, 0.5) is 0 Å². The van der Waals surface area contributed by atoms with Gasteiger partial charge in [-0.05, 0) is 36.8 Å². The summed E-state index contributed by atoms with van der Waals surface area (Å²) in [6.45, 7) is 3.90. The van der Waals surface area contributed by atoms with Crippen LogP contribution in [0.1, 0.15) is 28.7 Å². The van der Waals surface area contributed by atoms with Crippen molar-refractivity contribution in [2.45, 2.75) is 20.0 Å². The van der Waals surface area contributed by atoms with E-state index in [2.05, 4.69) is 31.2 Å². The molecular weight excluding hydrogens is 491 g/mol. The molecule has 3 rings (SSSR count). The maximum Gasteiger partial charge on any atom is 0.253 e. The van der Waals surface area contributed by atoms with Gasteiger partial charge in [-0.1, -0.05) is 24.3 Å². The van der Waals surface area contributed by atoms with E-state index in [1.54, 1.807) is 19.0 Å². The van der Waals surface area contributed by atoms with Crippen LogP contribution < -0.4 is 10.6 Å². The van der Waals surface area contributed by atoms with Crippen molar-refractivity contribution in [1.29, 1.82) is 0 Å². The highest BCUT2D eigenvalue weighted by atomic mass is 127. The number of hydrogen-bond acceptors (Lipinski definition) is 3. The molecular formula is C22H29IN6O. The van der Waals surface area contributed by atoms with Gasteiger partial charge in [0.1, 0.15) is 5.82 Å². The van der Waals surface area contributed by atoms with E-state index in [1.165, 1.54) is 0 Å². The molecule has 0 saturated heterocycles. The van der Waals surface area contributed by atoms with Crippen LogP contribution in [-0.4, -0.2) is 47.0 Å². The van der Waals surface area contributed by atoms with Gasteiger partial charge in [0.15, 0.2) is 5.96 Å². The molecule has 0 unspecified atom stereocenters. The number of hydrogen-bond donors (Lipinski definition) is 2. The van der Waals surface area contributed by atoms with Gasteiger partial charge in [-0.3, -0.25) is 4.79 Å². The molecule has 2 aromatic carbocycles. The van der Waals surface area contributed by atoms with Gasteiger partial charge in [0, 0.05) is 33.3 Å². The van der Waals surface area contributed by atoms with Crippen molar-refractivity contribution in [2.24, 2.45) is 12.0 Å². The third-order valence-corrected chi connectivity index (χ3v) is 4.66. The van der Waals surface area contributed by atoms with E-state index in [0.717, 1.165) is 34.9 Å². The molecule has 160 valence electrons. The van der Waals surface area contributed by atoms with Gasteiger partial charge >= 0.3 is 0 Å². The average molecular weight is 520 g/mol. The maximum atomic E-state index is 12.0. The topological polar surface area (TPSA) is 74.6 Å². The number of fused-ring (bicyclic) bond motifs is 1. The molecule has 0 aliphatic carbocycles. The van der Waals surface area contributed by atoms with Gasteiger partial charge in [-0.15, -0.1) is 24.0 Å². The lowest BCUT2D eigenvalue weighted by Gasteiger charge is -2.12. The molecule has 0 aliphatic rings. The predicted octanol–water partition coefficient (Wildman–Crippen LogP) is 3.15. The quantitative estimate of drug-likeness (QED) is 0.298. The van der Waals surface area contributed by atoms with Gasteiger partial charge in [-0.2, -0.15) is 0 Å². The second kappa shape index (κ2) is 11.0. The van der Waals surface area contributed by atoms with Crippen LogP contribution in [0.5, 0.6) is 0 Å². The zero-order valence-corrected chi connectivity index (χ0v) is 20.2. The molecule has 0 atom stereocenters. The normalized spacial score (nSPS) is 11.1.